The average molecular weight is 229 g/mol. The summed E-state index contributed by atoms with van der Waals surface area (Å²) in [4.78, 5) is 0. The minimum absolute atomic E-state index is 0.0936. The van der Waals surface area contributed by atoms with Crippen LogP contribution in [0.4, 0.5) is 0 Å². The second-order valence-electron chi connectivity index (χ2n) is 3.52. The summed E-state index contributed by atoms with van der Waals surface area (Å²) in [7, 11) is 0. The molecule has 2 unspecified atom stereocenters. The van der Waals surface area contributed by atoms with Gasteiger partial charge in [0.25, 0.3) is 0 Å². The predicted octanol–water partition coefficient (Wildman–Crippen LogP) is 3.40. The van der Waals surface area contributed by atoms with Crippen molar-refractivity contribution >= 4 is 29.3 Å². The van der Waals surface area contributed by atoms with Gasteiger partial charge in [0.05, 0.1) is 6.10 Å². The third-order valence-corrected chi connectivity index (χ3v) is 3.04. The summed E-state index contributed by atoms with van der Waals surface area (Å²) in [6, 6.07) is 5.60. The van der Waals surface area contributed by atoms with Crippen LogP contribution < -0.4 is 0 Å². The van der Waals surface area contributed by atoms with Crippen molar-refractivity contribution in [1.82, 2.24) is 0 Å². The predicted molar refractivity (Wildman–Crippen MR) is 59.7 cm³/mol. The van der Waals surface area contributed by atoms with E-state index in [0.29, 0.717) is 10.1 Å². The first-order valence-electron chi connectivity index (χ1n) is 4.44. The van der Waals surface area contributed by atoms with Gasteiger partial charge >= 0.3 is 0 Å². The average Bonchev–Trinajstić information content (AvgIpc) is 2.39. The number of benzene rings is 1. The Bertz CT molecular complexity index is 396. The molecule has 74 valence electrons. The number of fused-ring (bicyclic) bond motifs is 1. The van der Waals surface area contributed by atoms with Crippen LogP contribution in [0.2, 0.25) is 5.02 Å². The largest absolute Gasteiger partial charge is 0.392 e. The first-order valence-corrected chi connectivity index (χ1v) is 5.20. The number of halogens is 2. The van der Waals surface area contributed by atoms with Gasteiger partial charge < -0.3 is 5.11 Å². The Kier molecular flexibility index (Phi) is 2.56. The second-order valence-corrected chi connectivity index (χ2v) is 4.39. The fraction of sp³-hybridized carbons (Fsp3) is 0.273. The highest BCUT2D eigenvalue weighted by Crippen LogP contribution is 2.41. The molecule has 2 atom stereocenters. The summed E-state index contributed by atoms with van der Waals surface area (Å²) in [5.41, 5.74) is 2.06. The number of aliphatic hydroxyl groups excluding tert-OH is 1. The summed E-state index contributed by atoms with van der Waals surface area (Å²) < 4.78 is 0. The highest BCUT2D eigenvalue weighted by molar-refractivity contribution is 6.33. The number of aliphatic hydroxyl groups is 1. The molecule has 0 aromatic heterocycles. The molecule has 0 bridgehead atoms. The molecule has 1 N–H and O–H groups in total. The van der Waals surface area contributed by atoms with Crippen LogP contribution in [-0.4, -0.2) is 11.2 Å². The Morgan fingerprint density at radius 3 is 2.71 bits per heavy atom. The van der Waals surface area contributed by atoms with Crippen molar-refractivity contribution in [2.75, 3.05) is 0 Å². The molecule has 0 aliphatic heterocycles. The van der Waals surface area contributed by atoms with Crippen LogP contribution in [0.3, 0.4) is 0 Å². The number of hydrogen-bond acceptors (Lipinski definition) is 1. The molecule has 14 heavy (non-hydrogen) atoms. The van der Waals surface area contributed by atoms with E-state index in [1.165, 1.54) is 0 Å². The van der Waals surface area contributed by atoms with Crippen molar-refractivity contribution in [1.29, 1.82) is 0 Å². The third kappa shape index (κ3) is 1.56. The third-order valence-electron chi connectivity index (χ3n) is 2.46. The molecule has 0 saturated heterocycles. The fourth-order valence-corrected chi connectivity index (χ4v) is 2.43. The summed E-state index contributed by atoms with van der Waals surface area (Å²) >= 11 is 11.9. The lowest BCUT2D eigenvalue weighted by atomic mass is 9.96. The normalized spacial score (nSPS) is 21.7. The van der Waals surface area contributed by atoms with Crippen LogP contribution in [-0.2, 0) is 0 Å². The Labute approximate surface area is 93.0 Å². The maximum atomic E-state index is 9.58. The van der Waals surface area contributed by atoms with Crippen molar-refractivity contribution in [2.24, 2.45) is 0 Å². The molecule has 1 aliphatic carbocycles. The quantitative estimate of drug-likeness (QED) is 0.782. The zero-order valence-electron chi connectivity index (χ0n) is 7.67. The molecule has 1 aromatic carbocycles. The van der Waals surface area contributed by atoms with E-state index in [-0.39, 0.29) is 5.92 Å². The lowest BCUT2D eigenvalue weighted by Gasteiger charge is -2.16. The van der Waals surface area contributed by atoms with Crippen molar-refractivity contribution in [3.05, 3.63) is 39.4 Å². The van der Waals surface area contributed by atoms with Gasteiger partial charge in [-0.2, -0.15) is 0 Å². The molecule has 0 spiro atoms. The molecule has 3 heteroatoms. The van der Waals surface area contributed by atoms with E-state index in [1.807, 2.05) is 24.3 Å². The van der Waals surface area contributed by atoms with Crippen LogP contribution >= 0.6 is 23.2 Å². The van der Waals surface area contributed by atoms with Gasteiger partial charge in [0.2, 0.25) is 0 Å². The van der Waals surface area contributed by atoms with Gasteiger partial charge in [0, 0.05) is 16.0 Å². The van der Waals surface area contributed by atoms with Crippen molar-refractivity contribution in [3.63, 3.8) is 0 Å². The van der Waals surface area contributed by atoms with Gasteiger partial charge in [-0.15, -0.1) is 0 Å². The van der Waals surface area contributed by atoms with Gasteiger partial charge in [-0.1, -0.05) is 29.3 Å². The van der Waals surface area contributed by atoms with Crippen molar-refractivity contribution < 1.29 is 5.11 Å². The van der Waals surface area contributed by atoms with Crippen LogP contribution in [0.15, 0.2) is 23.2 Å². The van der Waals surface area contributed by atoms with Gasteiger partial charge in [0.1, 0.15) is 0 Å². The second kappa shape index (κ2) is 3.58. The molecular weight excluding hydrogens is 219 g/mol. The topological polar surface area (TPSA) is 20.2 Å². The van der Waals surface area contributed by atoms with Crippen LogP contribution in [0.5, 0.6) is 0 Å². The standard InChI is InChI=1S/C11H10Cl2O/c1-6(14)11-9-3-2-8(12)4-7(9)5-10(11)13/h2-6,11,14H,1H3. The molecule has 2 rings (SSSR count). The van der Waals surface area contributed by atoms with E-state index < -0.39 is 6.10 Å². The van der Waals surface area contributed by atoms with Gasteiger partial charge in [-0.3, -0.25) is 0 Å². The molecule has 1 nitrogen and oxygen atoms in total. The number of hydrogen-bond donors (Lipinski definition) is 1. The highest BCUT2D eigenvalue weighted by atomic mass is 35.5. The summed E-state index contributed by atoms with van der Waals surface area (Å²) in [5, 5.41) is 10.9. The SMILES string of the molecule is CC(O)C1C(Cl)=Cc2cc(Cl)ccc21. The Hall–Kier alpha value is -0.500. The van der Waals surface area contributed by atoms with Crippen LogP contribution in [0, 0.1) is 0 Å². The van der Waals surface area contributed by atoms with Crippen LogP contribution in [0.25, 0.3) is 6.08 Å². The zero-order valence-corrected chi connectivity index (χ0v) is 9.18. The maximum absolute atomic E-state index is 9.58. The molecule has 0 fully saturated rings. The molecule has 0 radical (unpaired) electrons. The van der Waals surface area contributed by atoms with E-state index in [2.05, 4.69) is 0 Å². The molecule has 0 heterocycles. The van der Waals surface area contributed by atoms with E-state index >= 15 is 0 Å². The van der Waals surface area contributed by atoms with E-state index in [0.717, 1.165) is 11.1 Å². The molecular formula is C11H10Cl2O. The minimum atomic E-state index is -0.471. The van der Waals surface area contributed by atoms with Gasteiger partial charge in [-0.25, -0.2) is 0 Å². The van der Waals surface area contributed by atoms with Gasteiger partial charge in [-0.05, 0) is 36.3 Å². The lowest BCUT2D eigenvalue weighted by Crippen LogP contribution is -2.12. The van der Waals surface area contributed by atoms with E-state index in [1.54, 1.807) is 6.92 Å². The molecule has 0 saturated carbocycles. The number of rotatable bonds is 1. The fourth-order valence-electron chi connectivity index (χ4n) is 1.83. The first kappa shape index (κ1) is 10.0. The summed E-state index contributed by atoms with van der Waals surface area (Å²) in [6.45, 7) is 1.74. The monoisotopic (exact) mass is 228 g/mol. The highest BCUT2D eigenvalue weighted by Gasteiger charge is 2.27. The maximum Gasteiger partial charge on any atom is 0.0630 e. The first-order chi connectivity index (χ1) is 6.59. The summed E-state index contributed by atoms with van der Waals surface area (Å²) in [5.74, 6) is -0.0936. The van der Waals surface area contributed by atoms with Crippen molar-refractivity contribution in [3.8, 4) is 0 Å². The Morgan fingerprint density at radius 2 is 2.07 bits per heavy atom. The Morgan fingerprint density at radius 1 is 1.36 bits per heavy atom. The smallest absolute Gasteiger partial charge is 0.0630 e. The van der Waals surface area contributed by atoms with E-state index in [4.69, 9.17) is 23.2 Å². The van der Waals surface area contributed by atoms with E-state index in [9.17, 15) is 5.11 Å². The van der Waals surface area contributed by atoms with Crippen molar-refractivity contribution in [2.45, 2.75) is 18.9 Å². The summed E-state index contributed by atoms with van der Waals surface area (Å²) in [6.07, 6.45) is 1.39. The molecule has 1 aliphatic rings. The zero-order chi connectivity index (χ0) is 10.3. The Balaban J connectivity index is 2.50. The lowest BCUT2D eigenvalue weighted by molar-refractivity contribution is 0.178. The molecule has 1 aromatic rings. The van der Waals surface area contributed by atoms with Crippen LogP contribution in [0.1, 0.15) is 24.0 Å². The minimum Gasteiger partial charge on any atom is -0.392 e. The van der Waals surface area contributed by atoms with Gasteiger partial charge in [0.15, 0.2) is 0 Å². The molecule has 0 amide bonds.